The van der Waals surface area contributed by atoms with Crippen molar-refractivity contribution in [3.05, 3.63) is 63.9 Å². The molecular weight excluding hydrogens is 424 g/mol. The van der Waals surface area contributed by atoms with Crippen molar-refractivity contribution < 1.29 is 18.9 Å². The predicted octanol–water partition coefficient (Wildman–Crippen LogP) is 2.77. The maximum absolute atomic E-state index is 12.3. The molecule has 162 valence electrons. The number of benzene rings is 1. The normalized spacial score (nSPS) is 10.6. The highest BCUT2D eigenvalue weighted by Crippen LogP contribution is 2.23. The summed E-state index contributed by atoms with van der Waals surface area (Å²) in [5.74, 6) is 0.0843. The summed E-state index contributed by atoms with van der Waals surface area (Å²) >= 11 is 1.18. The lowest BCUT2D eigenvalue weighted by Gasteiger charge is -2.08. The van der Waals surface area contributed by atoms with Gasteiger partial charge in [-0.25, -0.2) is 0 Å². The molecule has 3 rings (SSSR count). The van der Waals surface area contributed by atoms with Gasteiger partial charge in [0.05, 0.1) is 23.5 Å². The van der Waals surface area contributed by atoms with E-state index >= 15 is 0 Å². The third-order valence-electron chi connectivity index (χ3n) is 4.28. The highest BCUT2D eigenvalue weighted by atomic mass is 32.2. The van der Waals surface area contributed by atoms with E-state index in [1.54, 1.807) is 35.8 Å². The van der Waals surface area contributed by atoms with Gasteiger partial charge in [0, 0.05) is 23.9 Å². The molecule has 2 heterocycles. The smallest absolute Gasteiger partial charge is 0.287 e. The number of hydrogen-bond donors (Lipinski definition) is 2. The minimum absolute atomic E-state index is 0.0402. The molecule has 0 saturated heterocycles. The lowest BCUT2D eigenvalue weighted by molar-refractivity contribution is -0.385. The molecule has 0 atom stereocenters. The van der Waals surface area contributed by atoms with E-state index in [1.807, 2.05) is 6.92 Å². The van der Waals surface area contributed by atoms with Crippen LogP contribution in [-0.4, -0.2) is 37.3 Å². The minimum Gasteiger partial charge on any atom is -0.459 e. The van der Waals surface area contributed by atoms with E-state index in [0.717, 1.165) is 0 Å². The van der Waals surface area contributed by atoms with Crippen LogP contribution < -0.4 is 10.6 Å². The number of nitrogens with zero attached hydrogens (tertiary/aromatic N) is 4. The van der Waals surface area contributed by atoms with Crippen LogP contribution in [-0.2, 0) is 17.9 Å². The van der Waals surface area contributed by atoms with Crippen LogP contribution >= 0.6 is 11.8 Å². The van der Waals surface area contributed by atoms with Crippen LogP contribution in [0.1, 0.15) is 28.9 Å². The van der Waals surface area contributed by atoms with Gasteiger partial charge in [-0.05, 0) is 32.0 Å². The number of nitro groups is 1. The largest absolute Gasteiger partial charge is 0.459 e. The average Bonchev–Trinajstić information content (AvgIpc) is 3.41. The molecule has 0 spiro atoms. The van der Waals surface area contributed by atoms with Gasteiger partial charge in [0.15, 0.2) is 16.7 Å². The summed E-state index contributed by atoms with van der Waals surface area (Å²) in [5.41, 5.74) is 0.804. The first kappa shape index (κ1) is 22.0. The number of amides is 2. The second-order valence-electron chi connectivity index (χ2n) is 6.40. The van der Waals surface area contributed by atoms with E-state index in [1.165, 1.54) is 24.1 Å². The van der Waals surface area contributed by atoms with Crippen molar-refractivity contribution in [2.75, 3.05) is 11.1 Å². The number of aryl methyl sites for hydroxylation is 1. The van der Waals surface area contributed by atoms with Crippen molar-refractivity contribution in [3.8, 4) is 0 Å². The number of anilines is 1. The van der Waals surface area contributed by atoms with Crippen molar-refractivity contribution in [1.82, 2.24) is 20.1 Å². The highest BCUT2D eigenvalue weighted by molar-refractivity contribution is 7.99. The standard InChI is InChI=1S/C19H20N6O5S/c1-3-24-16(10-20-18(27)15-5-4-8-30-15)22-23-19(24)31-11-17(26)21-13-7-6-12(2)14(9-13)25(28)29/h4-9H,3,10-11H2,1-2H3,(H,20,27)(H,21,26). The van der Waals surface area contributed by atoms with Gasteiger partial charge >= 0.3 is 0 Å². The Morgan fingerprint density at radius 3 is 2.77 bits per heavy atom. The first-order chi connectivity index (χ1) is 14.9. The molecule has 31 heavy (non-hydrogen) atoms. The Kier molecular flexibility index (Phi) is 7.03. The summed E-state index contributed by atoms with van der Waals surface area (Å²) in [6.45, 7) is 4.23. The number of rotatable bonds is 9. The van der Waals surface area contributed by atoms with E-state index in [0.29, 0.717) is 28.8 Å². The molecule has 0 aliphatic rings. The fourth-order valence-corrected chi connectivity index (χ4v) is 3.56. The Balaban J connectivity index is 1.58. The zero-order chi connectivity index (χ0) is 22.4. The van der Waals surface area contributed by atoms with Gasteiger partial charge in [-0.1, -0.05) is 17.8 Å². The van der Waals surface area contributed by atoms with Gasteiger partial charge in [-0.2, -0.15) is 0 Å². The monoisotopic (exact) mass is 444 g/mol. The summed E-state index contributed by atoms with van der Waals surface area (Å²) < 4.78 is 6.83. The topological polar surface area (TPSA) is 145 Å². The summed E-state index contributed by atoms with van der Waals surface area (Å²) in [6, 6.07) is 7.70. The number of aromatic nitrogens is 3. The molecule has 11 nitrogen and oxygen atoms in total. The minimum atomic E-state index is -0.490. The number of nitro benzene ring substituents is 1. The van der Waals surface area contributed by atoms with E-state index < -0.39 is 4.92 Å². The first-order valence-electron chi connectivity index (χ1n) is 9.30. The molecule has 3 aromatic rings. The van der Waals surface area contributed by atoms with Crippen LogP contribution in [0.25, 0.3) is 0 Å². The molecule has 2 aromatic heterocycles. The second-order valence-corrected chi connectivity index (χ2v) is 7.34. The number of furan rings is 1. The van der Waals surface area contributed by atoms with Crippen LogP contribution in [0.4, 0.5) is 11.4 Å². The molecule has 12 heteroatoms. The molecule has 2 N–H and O–H groups in total. The number of nitrogens with one attached hydrogen (secondary N) is 2. The van der Waals surface area contributed by atoms with Gasteiger partial charge in [0.1, 0.15) is 0 Å². The zero-order valence-corrected chi connectivity index (χ0v) is 17.6. The van der Waals surface area contributed by atoms with Crippen molar-refractivity contribution in [2.45, 2.75) is 32.1 Å². The van der Waals surface area contributed by atoms with Crippen LogP contribution in [0.3, 0.4) is 0 Å². The second kappa shape index (κ2) is 9.89. The lowest BCUT2D eigenvalue weighted by atomic mass is 10.2. The van der Waals surface area contributed by atoms with Crippen LogP contribution in [0.5, 0.6) is 0 Å². The van der Waals surface area contributed by atoms with Gasteiger partial charge in [0.2, 0.25) is 5.91 Å². The van der Waals surface area contributed by atoms with E-state index in [9.17, 15) is 19.7 Å². The van der Waals surface area contributed by atoms with Crippen molar-refractivity contribution in [2.24, 2.45) is 0 Å². The summed E-state index contributed by atoms with van der Waals surface area (Å²) in [4.78, 5) is 34.8. The molecule has 2 amide bonds. The van der Waals surface area contributed by atoms with Crippen molar-refractivity contribution in [1.29, 1.82) is 0 Å². The third kappa shape index (κ3) is 5.48. The fraction of sp³-hybridized carbons (Fsp3) is 0.263. The molecule has 0 aliphatic carbocycles. The maximum Gasteiger partial charge on any atom is 0.287 e. The molecule has 0 saturated carbocycles. The van der Waals surface area contributed by atoms with Crippen molar-refractivity contribution >= 4 is 35.0 Å². The number of carbonyl (C=O) groups is 2. The van der Waals surface area contributed by atoms with Crippen molar-refractivity contribution in [3.63, 3.8) is 0 Å². The molecule has 0 fully saturated rings. The van der Waals surface area contributed by atoms with Gasteiger partial charge in [0.25, 0.3) is 11.6 Å². The van der Waals surface area contributed by atoms with Gasteiger partial charge in [-0.15, -0.1) is 10.2 Å². The third-order valence-corrected chi connectivity index (χ3v) is 5.25. The zero-order valence-electron chi connectivity index (χ0n) is 16.8. The predicted molar refractivity (Wildman–Crippen MR) is 113 cm³/mol. The Morgan fingerprint density at radius 2 is 2.10 bits per heavy atom. The Morgan fingerprint density at radius 1 is 1.29 bits per heavy atom. The Labute approximate surface area is 181 Å². The number of carbonyl (C=O) groups excluding carboxylic acids is 2. The molecule has 0 bridgehead atoms. The summed E-state index contributed by atoms with van der Waals surface area (Å²) in [6.07, 6.45) is 1.41. The quantitative estimate of drug-likeness (QED) is 0.291. The number of thioether (sulfide) groups is 1. The molecular formula is C19H20N6O5S. The highest BCUT2D eigenvalue weighted by Gasteiger charge is 2.16. The summed E-state index contributed by atoms with van der Waals surface area (Å²) in [7, 11) is 0. The average molecular weight is 444 g/mol. The molecule has 1 aromatic carbocycles. The molecule has 0 aliphatic heterocycles. The van der Waals surface area contributed by atoms with Crippen LogP contribution in [0.2, 0.25) is 0 Å². The van der Waals surface area contributed by atoms with E-state index in [4.69, 9.17) is 4.42 Å². The SMILES string of the molecule is CCn1c(CNC(=O)c2ccco2)nnc1SCC(=O)Nc1ccc(C)c([N+](=O)[O-])c1. The lowest BCUT2D eigenvalue weighted by Crippen LogP contribution is -2.24. The molecule has 0 unspecified atom stereocenters. The van der Waals surface area contributed by atoms with Gasteiger partial charge in [-0.3, -0.25) is 19.7 Å². The Bertz CT molecular complexity index is 1100. The first-order valence-corrected chi connectivity index (χ1v) is 10.3. The maximum atomic E-state index is 12.3. The van der Waals surface area contributed by atoms with E-state index in [2.05, 4.69) is 20.8 Å². The number of hydrogen-bond acceptors (Lipinski definition) is 8. The van der Waals surface area contributed by atoms with Gasteiger partial charge < -0.3 is 19.6 Å². The molecule has 0 radical (unpaired) electrons. The van der Waals surface area contributed by atoms with E-state index in [-0.39, 0.29) is 35.6 Å². The fourth-order valence-electron chi connectivity index (χ4n) is 2.74. The van der Waals surface area contributed by atoms with Crippen LogP contribution in [0.15, 0.2) is 46.2 Å². The van der Waals surface area contributed by atoms with Crippen LogP contribution in [0, 0.1) is 17.0 Å². The Hall–Kier alpha value is -3.67. The summed E-state index contributed by atoms with van der Waals surface area (Å²) in [5, 5.41) is 25.1.